The third-order valence-electron chi connectivity index (χ3n) is 3.71. The van der Waals surface area contributed by atoms with Crippen LogP contribution in [-0.4, -0.2) is 26.1 Å². The summed E-state index contributed by atoms with van der Waals surface area (Å²) in [4.78, 5) is 0. The molecular weight excluding hydrogens is 311 g/mol. The Morgan fingerprint density at radius 1 is 1.19 bits per heavy atom. The molecule has 5 heteroatoms. The maximum atomic E-state index is 5.85. The number of rotatable bonds is 5. The molecule has 114 valence electrons. The van der Waals surface area contributed by atoms with Crippen LogP contribution < -0.4 is 51.4 Å². The Labute approximate surface area is 178 Å². The molecule has 0 bridgehead atoms. The average molecular weight is 336 g/mol. The molecule has 0 aliphatic carbocycles. The first-order chi connectivity index (χ1) is 9.20. The third kappa shape index (κ3) is 7.02. The maximum Gasteiger partial charge on any atom is 1.00 e. The summed E-state index contributed by atoms with van der Waals surface area (Å²) in [5.41, 5.74) is 1.18. The van der Waals surface area contributed by atoms with Gasteiger partial charge in [-0.1, -0.05) is 44.2 Å². The summed E-state index contributed by atoms with van der Waals surface area (Å²) >= 11 is 0. The molecule has 4 atom stereocenters. The zero-order valence-electron chi connectivity index (χ0n) is 13.4. The molecule has 1 aromatic rings. The van der Waals surface area contributed by atoms with Gasteiger partial charge in [0, 0.05) is 13.7 Å². The average Bonchev–Trinajstić information content (AvgIpc) is 2.43. The van der Waals surface area contributed by atoms with Crippen LogP contribution in [0.2, 0.25) is 0 Å². The summed E-state index contributed by atoms with van der Waals surface area (Å²) in [6.45, 7) is 5.54. The van der Waals surface area contributed by atoms with Gasteiger partial charge >= 0.3 is 51.4 Å². The van der Waals surface area contributed by atoms with E-state index in [0.29, 0.717) is 25.0 Å². The van der Waals surface area contributed by atoms with Crippen molar-refractivity contribution in [1.82, 2.24) is 0 Å². The SMILES string of the molecule is CO[C@H]1OC(COCc2ccccc2)[CH-][C@H](C)C1C.[K+].[SH-]. The van der Waals surface area contributed by atoms with E-state index in [1.54, 1.807) is 7.11 Å². The first-order valence-electron chi connectivity index (χ1n) is 6.85. The van der Waals surface area contributed by atoms with Gasteiger partial charge < -0.3 is 27.7 Å². The summed E-state index contributed by atoms with van der Waals surface area (Å²) in [6, 6.07) is 10.2. The molecule has 0 saturated carbocycles. The topological polar surface area (TPSA) is 27.7 Å². The molecule has 0 N–H and O–H groups in total. The molecule has 2 unspecified atom stereocenters. The van der Waals surface area contributed by atoms with E-state index in [1.165, 1.54) is 5.56 Å². The van der Waals surface area contributed by atoms with Gasteiger partial charge in [0.05, 0.1) is 6.61 Å². The molecule has 0 spiro atoms. The van der Waals surface area contributed by atoms with E-state index in [2.05, 4.69) is 32.4 Å². The van der Waals surface area contributed by atoms with Gasteiger partial charge in [0.15, 0.2) is 6.29 Å². The Balaban J connectivity index is 0.00000200. The van der Waals surface area contributed by atoms with Crippen LogP contribution in [0, 0.1) is 18.3 Å². The second kappa shape index (κ2) is 11.6. The van der Waals surface area contributed by atoms with Crippen molar-refractivity contribution in [3.8, 4) is 0 Å². The number of hydrogen-bond acceptors (Lipinski definition) is 4. The van der Waals surface area contributed by atoms with Crippen molar-refractivity contribution >= 4 is 13.5 Å². The van der Waals surface area contributed by atoms with Gasteiger partial charge in [0.2, 0.25) is 0 Å². The van der Waals surface area contributed by atoms with Crippen molar-refractivity contribution < 1.29 is 65.6 Å². The normalized spacial score (nSPS) is 28.3. The van der Waals surface area contributed by atoms with E-state index in [0.717, 1.165) is 0 Å². The number of benzene rings is 1. The molecule has 0 amide bonds. The van der Waals surface area contributed by atoms with Crippen molar-refractivity contribution in [3.05, 3.63) is 42.3 Å². The largest absolute Gasteiger partial charge is 1.00 e. The number of ether oxygens (including phenoxy) is 3. The fourth-order valence-electron chi connectivity index (χ4n) is 2.34. The molecule has 1 aliphatic rings. The Kier molecular flexibility index (Phi) is 12.2. The molecule has 1 heterocycles. The van der Waals surface area contributed by atoms with E-state index in [4.69, 9.17) is 14.2 Å². The van der Waals surface area contributed by atoms with Crippen LogP contribution in [-0.2, 0) is 34.3 Å². The summed E-state index contributed by atoms with van der Waals surface area (Å²) in [5, 5.41) is 0. The van der Waals surface area contributed by atoms with Gasteiger partial charge in [-0.2, -0.15) is 5.92 Å². The molecule has 1 aliphatic heterocycles. The van der Waals surface area contributed by atoms with Crippen LogP contribution >= 0.6 is 0 Å². The molecule has 1 aromatic carbocycles. The van der Waals surface area contributed by atoms with E-state index in [1.807, 2.05) is 18.2 Å². The molecule has 1 fully saturated rings. The van der Waals surface area contributed by atoms with Crippen molar-refractivity contribution in [2.24, 2.45) is 11.8 Å². The predicted octanol–water partition coefficient (Wildman–Crippen LogP) is -0.215. The van der Waals surface area contributed by atoms with Gasteiger partial charge in [-0.15, -0.1) is 0 Å². The molecular formula is C16H24KO3S-. The molecule has 2 rings (SSSR count). The predicted molar refractivity (Wildman–Crippen MR) is 83.2 cm³/mol. The van der Waals surface area contributed by atoms with E-state index >= 15 is 0 Å². The fourth-order valence-corrected chi connectivity index (χ4v) is 2.34. The number of thiol groups is 1. The van der Waals surface area contributed by atoms with Gasteiger partial charge in [-0.05, 0) is 17.6 Å². The fraction of sp³-hybridized carbons (Fsp3) is 0.562. The minimum absolute atomic E-state index is 0. The molecule has 0 aromatic heterocycles. The van der Waals surface area contributed by atoms with Gasteiger partial charge in [-0.25, -0.2) is 0 Å². The van der Waals surface area contributed by atoms with Crippen LogP contribution in [0.3, 0.4) is 0 Å². The van der Waals surface area contributed by atoms with Crippen LogP contribution in [0.15, 0.2) is 30.3 Å². The third-order valence-corrected chi connectivity index (χ3v) is 3.71. The zero-order valence-corrected chi connectivity index (χ0v) is 17.4. The summed E-state index contributed by atoms with van der Waals surface area (Å²) in [6.07, 6.45) is 2.09. The van der Waals surface area contributed by atoms with E-state index < -0.39 is 0 Å². The van der Waals surface area contributed by atoms with Crippen LogP contribution in [0.25, 0.3) is 0 Å². The molecule has 3 nitrogen and oxygen atoms in total. The van der Waals surface area contributed by atoms with E-state index in [-0.39, 0.29) is 77.3 Å². The molecule has 1 saturated heterocycles. The Bertz CT molecular complexity index is 377. The minimum Gasteiger partial charge on any atom is -0.813 e. The van der Waals surface area contributed by atoms with Crippen LogP contribution in [0.4, 0.5) is 0 Å². The summed E-state index contributed by atoms with van der Waals surface area (Å²) < 4.78 is 16.9. The van der Waals surface area contributed by atoms with Crippen molar-refractivity contribution in [1.29, 1.82) is 0 Å². The quantitative estimate of drug-likeness (QED) is 0.322. The Hall–Kier alpha value is 1.09. The van der Waals surface area contributed by atoms with Gasteiger partial charge in [0.25, 0.3) is 0 Å². The number of hydrogen-bond donors (Lipinski definition) is 0. The molecule has 0 radical (unpaired) electrons. The minimum atomic E-state index is -0.134. The van der Waals surface area contributed by atoms with Crippen molar-refractivity contribution in [2.75, 3.05) is 13.7 Å². The first kappa shape index (κ1) is 22.1. The second-order valence-corrected chi connectivity index (χ2v) is 5.19. The first-order valence-corrected chi connectivity index (χ1v) is 6.85. The number of methoxy groups -OCH3 is 1. The Morgan fingerprint density at radius 3 is 2.48 bits per heavy atom. The zero-order chi connectivity index (χ0) is 13.7. The summed E-state index contributed by atoms with van der Waals surface area (Å²) in [5.74, 6) is 0.861. The smallest absolute Gasteiger partial charge is 0.813 e. The standard InChI is InChI=1S/C16H23O3.K.H2S/c1-12-9-15(19-16(17-3)13(12)2)11-18-10-14-7-5-4-6-8-14;;/h4-9,12-13,15-16H,10-11H2,1-3H3;;1H2/q-1;+1;/p-1/t12-,13?,15?,16-;;/m0../s1. The monoisotopic (exact) mass is 335 g/mol. The summed E-state index contributed by atoms with van der Waals surface area (Å²) in [7, 11) is 1.70. The van der Waals surface area contributed by atoms with Crippen molar-refractivity contribution in [3.63, 3.8) is 0 Å². The van der Waals surface area contributed by atoms with Crippen molar-refractivity contribution in [2.45, 2.75) is 32.8 Å². The molecule has 21 heavy (non-hydrogen) atoms. The van der Waals surface area contributed by atoms with Gasteiger partial charge in [-0.3, -0.25) is 6.42 Å². The van der Waals surface area contributed by atoms with Crippen LogP contribution in [0.1, 0.15) is 19.4 Å². The maximum absolute atomic E-state index is 5.85. The van der Waals surface area contributed by atoms with Gasteiger partial charge in [0.1, 0.15) is 0 Å². The van der Waals surface area contributed by atoms with E-state index in [9.17, 15) is 0 Å². The van der Waals surface area contributed by atoms with Crippen LogP contribution in [0.5, 0.6) is 0 Å². The second-order valence-electron chi connectivity index (χ2n) is 5.19. The Morgan fingerprint density at radius 2 is 1.86 bits per heavy atom.